The summed E-state index contributed by atoms with van der Waals surface area (Å²) in [4.78, 5) is 45.9. The minimum Gasteiger partial charge on any atom is -0.469 e. The fraction of sp³-hybridized carbons (Fsp3) is 0.407. The van der Waals surface area contributed by atoms with Crippen LogP contribution in [-0.4, -0.2) is 30.6 Å². The highest BCUT2D eigenvalue weighted by Gasteiger charge is 2.18. The van der Waals surface area contributed by atoms with Gasteiger partial charge in [0.25, 0.3) is 0 Å². The van der Waals surface area contributed by atoms with E-state index in [4.69, 9.17) is 5.73 Å². The van der Waals surface area contributed by atoms with Crippen LogP contribution in [0.25, 0.3) is 0 Å². The van der Waals surface area contributed by atoms with Crippen molar-refractivity contribution in [2.24, 2.45) is 0 Å². The van der Waals surface area contributed by atoms with Crippen LogP contribution in [0, 0.1) is 0 Å². The molecule has 0 saturated carbocycles. The van der Waals surface area contributed by atoms with Crippen molar-refractivity contribution in [1.82, 2.24) is 0 Å². The second kappa shape index (κ2) is 12.1. The van der Waals surface area contributed by atoms with E-state index in [1.165, 1.54) is 7.11 Å². The zero-order valence-electron chi connectivity index (χ0n) is 19.7. The summed E-state index contributed by atoms with van der Waals surface area (Å²) in [7, 11) is 1.36. The SMILES string of the molecule is COC(=O)CCCCC(=O)Nc1ccc2c(c1)CCCC2=O.Nc1ccc2c(c1)CCCC2=O. The third kappa shape index (κ3) is 7.01. The van der Waals surface area contributed by atoms with E-state index in [-0.39, 0.29) is 23.4 Å². The molecule has 34 heavy (non-hydrogen) atoms. The third-order valence-electron chi connectivity index (χ3n) is 6.08. The lowest BCUT2D eigenvalue weighted by molar-refractivity contribution is -0.140. The largest absolute Gasteiger partial charge is 0.469 e. The number of unbranched alkanes of at least 4 members (excludes halogenated alkanes) is 1. The predicted octanol–water partition coefficient (Wildman–Crippen LogP) is 4.67. The Labute approximate surface area is 200 Å². The number of nitrogens with one attached hydrogen (secondary N) is 1. The van der Waals surface area contributed by atoms with Crippen molar-refractivity contribution in [2.45, 2.75) is 64.2 Å². The Morgan fingerprint density at radius 2 is 1.44 bits per heavy atom. The van der Waals surface area contributed by atoms with Crippen LogP contribution >= 0.6 is 0 Å². The number of aryl methyl sites for hydroxylation is 2. The van der Waals surface area contributed by atoms with E-state index in [1.54, 1.807) is 18.2 Å². The Bertz CT molecular complexity index is 1080. The van der Waals surface area contributed by atoms with Gasteiger partial charge in [-0.2, -0.15) is 0 Å². The molecule has 0 unspecified atom stereocenters. The van der Waals surface area contributed by atoms with Crippen LogP contribution in [0.2, 0.25) is 0 Å². The van der Waals surface area contributed by atoms with Crippen LogP contribution in [0.3, 0.4) is 0 Å². The highest BCUT2D eigenvalue weighted by atomic mass is 16.5. The lowest BCUT2D eigenvalue weighted by Gasteiger charge is -2.16. The predicted molar refractivity (Wildman–Crippen MR) is 131 cm³/mol. The number of hydrogen-bond donors (Lipinski definition) is 2. The summed E-state index contributed by atoms with van der Waals surface area (Å²) in [6.07, 6.45) is 7.00. The Morgan fingerprint density at radius 3 is 2.09 bits per heavy atom. The number of rotatable bonds is 6. The first kappa shape index (κ1) is 25.1. The Kier molecular flexibility index (Phi) is 8.96. The molecule has 0 spiro atoms. The van der Waals surface area contributed by atoms with E-state index in [9.17, 15) is 19.2 Å². The molecule has 2 aliphatic carbocycles. The molecule has 0 heterocycles. The number of carbonyl (C=O) groups is 4. The van der Waals surface area contributed by atoms with E-state index < -0.39 is 0 Å². The molecule has 0 aromatic heterocycles. The van der Waals surface area contributed by atoms with Crippen molar-refractivity contribution in [1.29, 1.82) is 0 Å². The molecule has 7 nitrogen and oxygen atoms in total. The second-order valence-electron chi connectivity index (χ2n) is 8.67. The lowest BCUT2D eigenvalue weighted by Crippen LogP contribution is -2.14. The van der Waals surface area contributed by atoms with Gasteiger partial charge < -0.3 is 15.8 Å². The lowest BCUT2D eigenvalue weighted by atomic mass is 9.90. The summed E-state index contributed by atoms with van der Waals surface area (Å²) >= 11 is 0. The van der Waals surface area contributed by atoms with Gasteiger partial charge in [0.1, 0.15) is 0 Å². The molecule has 0 aliphatic heterocycles. The Morgan fingerprint density at radius 1 is 0.853 bits per heavy atom. The van der Waals surface area contributed by atoms with E-state index in [2.05, 4.69) is 10.1 Å². The summed E-state index contributed by atoms with van der Waals surface area (Å²) < 4.78 is 4.55. The van der Waals surface area contributed by atoms with Gasteiger partial charge in [-0.25, -0.2) is 0 Å². The topological polar surface area (TPSA) is 116 Å². The van der Waals surface area contributed by atoms with Gasteiger partial charge in [0, 0.05) is 48.2 Å². The number of anilines is 2. The quantitative estimate of drug-likeness (QED) is 0.365. The molecule has 2 aromatic rings. The van der Waals surface area contributed by atoms with Gasteiger partial charge in [0.2, 0.25) is 5.91 Å². The minimum atomic E-state index is -0.250. The molecule has 0 fully saturated rings. The third-order valence-corrected chi connectivity index (χ3v) is 6.08. The number of benzene rings is 2. The molecule has 0 atom stereocenters. The molecule has 2 aliphatic rings. The maximum Gasteiger partial charge on any atom is 0.305 e. The molecule has 0 bridgehead atoms. The van der Waals surface area contributed by atoms with E-state index >= 15 is 0 Å². The molecule has 2 aromatic carbocycles. The van der Waals surface area contributed by atoms with Crippen molar-refractivity contribution < 1.29 is 23.9 Å². The molecular weight excluding hydrogens is 432 g/mol. The van der Waals surface area contributed by atoms with Crippen molar-refractivity contribution in [3.05, 3.63) is 58.7 Å². The van der Waals surface area contributed by atoms with Gasteiger partial charge in [0.05, 0.1) is 7.11 Å². The number of nitrogens with two attached hydrogens (primary N) is 1. The van der Waals surface area contributed by atoms with Crippen molar-refractivity contribution in [3.8, 4) is 0 Å². The second-order valence-corrected chi connectivity index (χ2v) is 8.67. The van der Waals surface area contributed by atoms with Crippen LogP contribution in [0.15, 0.2) is 36.4 Å². The molecule has 3 N–H and O–H groups in total. The fourth-order valence-corrected chi connectivity index (χ4v) is 4.27. The number of methoxy groups -OCH3 is 1. The zero-order valence-corrected chi connectivity index (χ0v) is 19.7. The number of nitrogen functional groups attached to an aromatic ring is 1. The van der Waals surface area contributed by atoms with Crippen LogP contribution in [0.4, 0.5) is 11.4 Å². The van der Waals surface area contributed by atoms with Gasteiger partial charge >= 0.3 is 5.97 Å². The molecule has 180 valence electrons. The number of fused-ring (bicyclic) bond motifs is 2. The summed E-state index contributed by atoms with van der Waals surface area (Å²) in [5.74, 6) is 0.116. The standard InChI is InChI=1S/C17H21NO4.C10H11NO/c1-22-17(21)8-3-2-7-16(20)18-13-9-10-14-12(11-13)5-4-6-15(14)19;11-8-4-5-9-7(6-8)2-1-3-10(9)12/h9-11H,2-8H2,1H3,(H,18,20);4-6H,1-3,11H2. The first-order valence-electron chi connectivity index (χ1n) is 11.8. The average molecular weight is 465 g/mol. The van der Waals surface area contributed by atoms with E-state index in [0.717, 1.165) is 59.3 Å². The highest BCUT2D eigenvalue weighted by Crippen LogP contribution is 2.25. The number of esters is 1. The van der Waals surface area contributed by atoms with Gasteiger partial charge in [-0.05, 0) is 86.1 Å². The fourth-order valence-electron chi connectivity index (χ4n) is 4.27. The first-order chi connectivity index (χ1) is 16.4. The number of carbonyl (C=O) groups excluding carboxylic acids is 4. The summed E-state index contributed by atoms with van der Waals surface area (Å²) in [5.41, 5.74) is 10.9. The summed E-state index contributed by atoms with van der Waals surface area (Å²) in [5, 5.41) is 2.84. The van der Waals surface area contributed by atoms with E-state index in [0.29, 0.717) is 38.5 Å². The smallest absolute Gasteiger partial charge is 0.305 e. The molecular formula is C27H32N2O5. The number of amides is 1. The van der Waals surface area contributed by atoms with Crippen LogP contribution < -0.4 is 11.1 Å². The Hall–Kier alpha value is -3.48. The van der Waals surface area contributed by atoms with Crippen molar-refractivity contribution in [3.63, 3.8) is 0 Å². The average Bonchev–Trinajstić information content (AvgIpc) is 2.82. The molecule has 1 amide bonds. The van der Waals surface area contributed by atoms with E-state index in [1.807, 2.05) is 18.2 Å². The highest BCUT2D eigenvalue weighted by molar-refractivity contribution is 6.00. The number of ether oxygens (including phenoxy) is 1. The zero-order chi connectivity index (χ0) is 24.5. The maximum absolute atomic E-state index is 11.9. The van der Waals surface area contributed by atoms with Crippen LogP contribution in [0.1, 0.15) is 83.2 Å². The molecule has 0 radical (unpaired) electrons. The van der Waals surface area contributed by atoms with Crippen molar-refractivity contribution >= 4 is 34.8 Å². The Balaban J connectivity index is 0.000000226. The van der Waals surface area contributed by atoms with Gasteiger partial charge in [0.15, 0.2) is 11.6 Å². The van der Waals surface area contributed by atoms with Crippen molar-refractivity contribution in [2.75, 3.05) is 18.2 Å². The minimum absolute atomic E-state index is 0.0769. The number of ketones is 2. The maximum atomic E-state index is 11.9. The normalized spacial score (nSPS) is 14.3. The monoisotopic (exact) mass is 464 g/mol. The number of hydrogen-bond acceptors (Lipinski definition) is 6. The van der Waals surface area contributed by atoms with Gasteiger partial charge in [-0.3, -0.25) is 19.2 Å². The van der Waals surface area contributed by atoms with Crippen LogP contribution in [0.5, 0.6) is 0 Å². The number of Topliss-reactive ketones (excluding diaryl/α,β-unsaturated/α-hetero) is 2. The molecule has 0 saturated heterocycles. The van der Waals surface area contributed by atoms with Gasteiger partial charge in [-0.1, -0.05) is 0 Å². The molecule has 7 heteroatoms. The summed E-state index contributed by atoms with van der Waals surface area (Å²) in [6, 6.07) is 11.0. The van der Waals surface area contributed by atoms with Crippen LogP contribution in [-0.2, 0) is 27.2 Å². The first-order valence-corrected chi connectivity index (χ1v) is 11.8. The summed E-state index contributed by atoms with van der Waals surface area (Å²) in [6.45, 7) is 0. The van der Waals surface area contributed by atoms with Gasteiger partial charge in [-0.15, -0.1) is 0 Å². The molecule has 4 rings (SSSR count).